The molecule has 0 aromatic heterocycles. The molecule has 0 aliphatic carbocycles. The van der Waals surface area contributed by atoms with E-state index in [0.717, 1.165) is 0 Å². The van der Waals surface area contributed by atoms with Gasteiger partial charge >= 0.3 is 11.9 Å². The van der Waals surface area contributed by atoms with Crippen LogP contribution in [0.5, 0.6) is 0 Å². The summed E-state index contributed by atoms with van der Waals surface area (Å²) >= 11 is 0. The maximum absolute atomic E-state index is 11.0. The zero-order valence-electron chi connectivity index (χ0n) is 8.23. The lowest BCUT2D eigenvalue weighted by atomic mass is 10.2. The summed E-state index contributed by atoms with van der Waals surface area (Å²) < 4.78 is 9.00. The Morgan fingerprint density at radius 1 is 1.21 bits per heavy atom. The molecule has 0 fully saturated rings. The molecule has 0 bridgehead atoms. The van der Waals surface area contributed by atoms with Crippen LogP contribution in [0.3, 0.4) is 0 Å². The number of rotatable bonds is 5. The van der Waals surface area contributed by atoms with Gasteiger partial charge in [-0.2, -0.15) is 0 Å². The number of hydrogen-bond donors (Lipinski definition) is 2. The van der Waals surface area contributed by atoms with Crippen LogP contribution >= 0.6 is 0 Å². The molecular formula is C8H15NO5. The number of esters is 2. The topological polar surface area (TPSA) is 98.9 Å². The van der Waals surface area contributed by atoms with E-state index in [1.807, 2.05) is 0 Å². The largest absolute Gasteiger partial charge is 0.465 e. The van der Waals surface area contributed by atoms with Crippen molar-refractivity contribution >= 4 is 11.9 Å². The Kier molecular flexibility index (Phi) is 5.82. The van der Waals surface area contributed by atoms with Gasteiger partial charge in [-0.3, -0.25) is 4.79 Å². The standard InChI is InChI=1S/C8H15NO5/c1-3-13-7(11)5(9)6(10)8(12)14-4-2/h5-6,10H,3-4,9H2,1-2H3/t5-,6-/m0/s1. The Morgan fingerprint density at radius 3 is 2.07 bits per heavy atom. The second kappa shape index (κ2) is 6.33. The van der Waals surface area contributed by atoms with Gasteiger partial charge < -0.3 is 20.3 Å². The molecule has 6 heteroatoms. The highest BCUT2D eigenvalue weighted by molar-refractivity contribution is 5.85. The van der Waals surface area contributed by atoms with Crippen molar-refractivity contribution in [2.24, 2.45) is 5.73 Å². The summed E-state index contributed by atoms with van der Waals surface area (Å²) in [5.41, 5.74) is 5.25. The van der Waals surface area contributed by atoms with E-state index in [1.165, 1.54) is 0 Å². The van der Waals surface area contributed by atoms with Crippen LogP contribution in [-0.4, -0.2) is 42.4 Å². The molecule has 0 aliphatic rings. The number of aliphatic hydroxyl groups excluding tert-OH is 1. The summed E-state index contributed by atoms with van der Waals surface area (Å²) in [6.45, 7) is 3.44. The van der Waals surface area contributed by atoms with Crippen molar-refractivity contribution in [1.82, 2.24) is 0 Å². The molecule has 0 amide bonds. The van der Waals surface area contributed by atoms with Gasteiger partial charge in [-0.1, -0.05) is 0 Å². The Bertz CT molecular complexity index is 184. The molecule has 6 nitrogen and oxygen atoms in total. The summed E-state index contributed by atoms with van der Waals surface area (Å²) in [6.07, 6.45) is -1.67. The quantitative estimate of drug-likeness (QED) is 0.547. The van der Waals surface area contributed by atoms with Gasteiger partial charge in [0.05, 0.1) is 13.2 Å². The van der Waals surface area contributed by atoms with E-state index >= 15 is 0 Å². The van der Waals surface area contributed by atoms with Crippen molar-refractivity contribution in [3.63, 3.8) is 0 Å². The van der Waals surface area contributed by atoms with Gasteiger partial charge in [0, 0.05) is 0 Å². The summed E-state index contributed by atoms with van der Waals surface area (Å²) in [7, 11) is 0. The van der Waals surface area contributed by atoms with E-state index in [0.29, 0.717) is 0 Å². The number of nitrogens with two attached hydrogens (primary N) is 1. The fraction of sp³-hybridized carbons (Fsp3) is 0.750. The van der Waals surface area contributed by atoms with E-state index in [-0.39, 0.29) is 13.2 Å². The molecule has 82 valence electrons. The predicted octanol–water partition coefficient (Wildman–Crippen LogP) is -1.20. The lowest BCUT2D eigenvalue weighted by Gasteiger charge is -2.15. The van der Waals surface area contributed by atoms with Crippen molar-refractivity contribution in [1.29, 1.82) is 0 Å². The molecule has 0 unspecified atom stereocenters. The van der Waals surface area contributed by atoms with E-state index in [2.05, 4.69) is 9.47 Å². The zero-order chi connectivity index (χ0) is 11.1. The monoisotopic (exact) mass is 205 g/mol. The van der Waals surface area contributed by atoms with Gasteiger partial charge in [-0.15, -0.1) is 0 Å². The first-order valence-corrected chi connectivity index (χ1v) is 4.31. The number of carbonyl (C=O) groups excluding carboxylic acids is 2. The van der Waals surface area contributed by atoms with E-state index in [1.54, 1.807) is 13.8 Å². The average Bonchev–Trinajstić information content (AvgIpc) is 2.16. The molecule has 0 saturated carbocycles. The first kappa shape index (κ1) is 12.9. The third kappa shape index (κ3) is 3.71. The van der Waals surface area contributed by atoms with Crippen molar-refractivity contribution in [2.45, 2.75) is 26.0 Å². The highest BCUT2D eigenvalue weighted by Gasteiger charge is 2.30. The lowest BCUT2D eigenvalue weighted by molar-refractivity contribution is -0.161. The third-order valence-corrected chi connectivity index (χ3v) is 1.43. The summed E-state index contributed by atoms with van der Waals surface area (Å²) in [6, 6.07) is -1.39. The molecular weight excluding hydrogens is 190 g/mol. The molecule has 0 saturated heterocycles. The van der Waals surface area contributed by atoms with Crippen LogP contribution in [0.25, 0.3) is 0 Å². The normalized spacial score (nSPS) is 14.3. The van der Waals surface area contributed by atoms with E-state index in [4.69, 9.17) is 5.73 Å². The lowest BCUT2D eigenvalue weighted by Crippen LogP contribution is -2.47. The zero-order valence-corrected chi connectivity index (χ0v) is 8.23. The molecule has 0 aromatic rings. The maximum Gasteiger partial charge on any atom is 0.337 e. The minimum Gasteiger partial charge on any atom is -0.465 e. The molecule has 0 aromatic carbocycles. The Hall–Kier alpha value is -1.14. The van der Waals surface area contributed by atoms with Crippen LogP contribution in [-0.2, 0) is 19.1 Å². The third-order valence-electron chi connectivity index (χ3n) is 1.43. The van der Waals surface area contributed by atoms with Gasteiger partial charge in [0.15, 0.2) is 6.10 Å². The summed E-state index contributed by atoms with van der Waals surface area (Å²) in [4.78, 5) is 21.9. The fourth-order valence-electron chi connectivity index (χ4n) is 0.742. The van der Waals surface area contributed by atoms with Crippen LogP contribution in [0.4, 0.5) is 0 Å². The molecule has 0 aliphatic heterocycles. The highest BCUT2D eigenvalue weighted by atomic mass is 16.6. The molecule has 14 heavy (non-hydrogen) atoms. The Labute approximate surface area is 82.0 Å². The molecule has 2 atom stereocenters. The smallest absolute Gasteiger partial charge is 0.337 e. The van der Waals surface area contributed by atoms with Crippen molar-refractivity contribution in [3.05, 3.63) is 0 Å². The van der Waals surface area contributed by atoms with Crippen LogP contribution in [0.1, 0.15) is 13.8 Å². The first-order chi connectivity index (χ1) is 6.54. The van der Waals surface area contributed by atoms with Gasteiger partial charge in [-0.05, 0) is 13.8 Å². The minimum absolute atomic E-state index is 0.117. The predicted molar refractivity (Wildman–Crippen MR) is 47.2 cm³/mol. The molecule has 0 heterocycles. The van der Waals surface area contributed by atoms with Crippen molar-refractivity contribution < 1.29 is 24.2 Å². The average molecular weight is 205 g/mol. The second-order valence-electron chi connectivity index (χ2n) is 2.47. The fourth-order valence-corrected chi connectivity index (χ4v) is 0.742. The second-order valence-corrected chi connectivity index (χ2v) is 2.47. The number of carbonyl (C=O) groups is 2. The van der Waals surface area contributed by atoms with Gasteiger partial charge in [0.1, 0.15) is 6.04 Å². The number of ether oxygens (including phenoxy) is 2. The van der Waals surface area contributed by atoms with E-state index < -0.39 is 24.1 Å². The minimum atomic E-state index is -1.67. The number of hydrogen-bond acceptors (Lipinski definition) is 6. The first-order valence-electron chi connectivity index (χ1n) is 4.31. The van der Waals surface area contributed by atoms with Crippen LogP contribution in [0.15, 0.2) is 0 Å². The van der Waals surface area contributed by atoms with E-state index in [9.17, 15) is 14.7 Å². The molecule has 0 radical (unpaired) electrons. The van der Waals surface area contributed by atoms with Gasteiger partial charge in [0.25, 0.3) is 0 Å². The summed E-state index contributed by atoms with van der Waals surface area (Å²) in [5.74, 6) is -1.75. The van der Waals surface area contributed by atoms with Crippen LogP contribution in [0.2, 0.25) is 0 Å². The SMILES string of the molecule is CCOC(=O)[C@@H](N)[C@H](O)C(=O)OCC. The highest BCUT2D eigenvalue weighted by Crippen LogP contribution is 1.97. The molecule has 0 spiro atoms. The Balaban J connectivity index is 4.16. The number of aliphatic hydroxyl groups is 1. The van der Waals surface area contributed by atoms with Crippen molar-refractivity contribution in [3.8, 4) is 0 Å². The van der Waals surface area contributed by atoms with Crippen molar-refractivity contribution in [2.75, 3.05) is 13.2 Å². The van der Waals surface area contributed by atoms with Gasteiger partial charge in [-0.25, -0.2) is 4.79 Å². The van der Waals surface area contributed by atoms with Crippen LogP contribution in [0, 0.1) is 0 Å². The van der Waals surface area contributed by atoms with Gasteiger partial charge in [0.2, 0.25) is 0 Å². The molecule has 3 N–H and O–H groups in total. The van der Waals surface area contributed by atoms with Crippen LogP contribution < -0.4 is 5.73 Å². The maximum atomic E-state index is 11.0. The Morgan fingerprint density at radius 2 is 1.64 bits per heavy atom. The summed E-state index contributed by atoms with van der Waals surface area (Å²) in [5, 5.41) is 9.21. The molecule has 0 rings (SSSR count).